The van der Waals surface area contributed by atoms with Gasteiger partial charge in [-0.15, -0.1) is 0 Å². The Hall–Kier alpha value is -1.79. The lowest BCUT2D eigenvalue weighted by Gasteiger charge is -2.30. The van der Waals surface area contributed by atoms with Crippen LogP contribution in [0.2, 0.25) is 0 Å². The number of hydrogen-bond acceptors (Lipinski definition) is 5. The summed E-state index contributed by atoms with van der Waals surface area (Å²) in [4.78, 5) is 19.5. The second kappa shape index (κ2) is 7.66. The molecule has 1 atom stereocenters. The zero-order valence-electron chi connectivity index (χ0n) is 13.6. The number of fused-ring (bicyclic) bond motifs is 1. The number of amides is 1. The molecule has 0 aromatic heterocycles. The first-order chi connectivity index (χ1) is 11.2. The highest BCUT2D eigenvalue weighted by atomic mass is 16.7. The van der Waals surface area contributed by atoms with Gasteiger partial charge in [-0.3, -0.25) is 9.63 Å². The highest BCUT2D eigenvalue weighted by Gasteiger charge is 2.24. The number of rotatable bonds is 5. The van der Waals surface area contributed by atoms with Crippen LogP contribution in [0.4, 0.5) is 0 Å². The third kappa shape index (κ3) is 4.36. The van der Waals surface area contributed by atoms with Crippen molar-refractivity contribution in [1.82, 2.24) is 9.96 Å². The highest BCUT2D eigenvalue weighted by Crippen LogP contribution is 2.30. The summed E-state index contributed by atoms with van der Waals surface area (Å²) in [5.41, 5.74) is 0. The summed E-state index contributed by atoms with van der Waals surface area (Å²) in [6.07, 6.45) is 2.56. The predicted octanol–water partition coefficient (Wildman–Crippen LogP) is 1.70. The number of benzene rings is 1. The van der Waals surface area contributed by atoms with Crippen LogP contribution < -0.4 is 9.47 Å². The van der Waals surface area contributed by atoms with Gasteiger partial charge in [-0.1, -0.05) is 12.1 Å². The van der Waals surface area contributed by atoms with Crippen LogP contribution in [0.1, 0.15) is 19.3 Å². The number of carbonyl (C=O) groups excluding carboxylic acids is 1. The van der Waals surface area contributed by atoms with Crippen molar-refractivity contribution in [3.05, 3.63) is 24.3 Å². The Balaban J connectivity index is 1.43. The Kier molecular flexibility index (Phi) is 5.35. The molecule has 0 saturated carbocycles. The Morgan fingerprint density at radius 1 is 1.30 bits per heavy atom. The maximum Gasteiger partial charge on any atom is 0.223 e. The summed E-state index contributed by atoms with van der Waals surface area (Å²) >= 11 is 0. The van der Waals surface area contributed by atoms with E-state index >= 15 is 0 Å². The average molecular weight is 320 g/mol. The third-order valence-electron chi connectivity index (χ3n) is 4.12. The van der Waals surface area contributed by atoms with Crippen molar-refractivity contribution < 1.29 is 19.1 Å². The van der Waals surface area contributed by atoms with E-state index in [1.165, 1.54) is 0 Å². The fraction of sp³-hybridized carbons (Fsp3) is 0.588. The molecule has 0 radical (unpaired) electrons. The Morgan fingerprint density at radius 2 is 2.13 bits per heavy atom. The van der Waals surface area contributed by atoms with Gasteiger partial charge < -0.3 is 14.4 Å². The lowest BCUT2D eigenvalue weighted by molar-refractivity contribution is -0.182. The van der Waals surface area contributed by atoms with Gasteiger partial charge in [0.05, 0.1) is 13.2 Å². The number of ether oxygens (including phenoxy) is 2. The van der Waals surface area contributed by atoms with Crippen LogP contribution in [0.3, 0.4) is 0 Å². The molecule has 1 aromatic rings. The Labute approximate surface area is 136 Å². The largest absolute Gasteiger partial charge is 0.486 e. The maximum absolute atomic E-state index is 12.3. The summed E-state index contributed by atoms with van der Waals surface area (Å²) in [7, 11) is 1.81. The molecule has 0 bridgehead atoms. The fourth-order valence-corrected chi connectivity index (χ4v) is 2.80. The van der Waals surface area contributed by atoms with E-state index < -0.39 is 0 Å². The van der Waals surface area contributed by atoms with E-state index in [0.717, 1.165) is 37.5 Å². The van der Waals surface area contributed by atoms with Gasteiger partial charge in [0, 0.05) is 26.6 Å². The van der Waals surface area contributed by atoms with Crippen LogP contribution in [0.15, 0.2) is 24.3 Å². The van der Waals surface area contributed by atoms with Crippen molar-refractivity contribution in [1.29, 1.82) is 0 Å². The lowest BCUT2D eigenvalue weighted by Crippen LogP contribution is -2.42. The van der Waals surface area contributed by atoms with Crippen molar-refractivity contribution in [2.24, 2.45) is 0 Å². The quantitative estimate of drug-likeness (QED) is 0.826. The number of carbonyl (C=O) groups is 1. The topological polar surface area (TPSA) is 51.2 Å². The monoisotopic (exact) mass is 320 g/mol. The summed E-state index contributed by atoms with van der Waals surface area (Å²) in [6, 6.07) is 7.61. The molecule has 1 aromatic carbocycles. The van der Waals surface area contributed by atoms with Crippen LogP contribution in [0.5, 0.6) is 11.5 Å². The fourth-order valence-electron chi connectivity index (χ4n) is 2.80. The van der Waals surface area contributed by atoms with Crippen LogP contribution in [-0.2, 0) is 9.63 Å². The van der Waals surface area contributed by atoms with Crippen molar-refractivity contribution in [3.8, 4) is 11.5 Å². The van der Waals surface area contributed by atoms with Crippen molar-refractivity contribution in [3.63, 3.8) is 0 Å². The van der Waals surface area contributed by atoms with E-state index in [9.17, 15) is 4.79 Å². The minimum absolute atomic E-state index is 0.0987. The first-order valence-corrected chi connectivity index (χ1v) is 8.22. The molecule has 6 nitrogen and oxygen atoms in total. The molecule has 1 saturated heterocycles. The minimum atomic E-state index is -0.134. The molecule has 6 heteroatoms. The van der Waals surface area contributed by atoms with Crippen molar-refractivity contribution in [2.45, 2.75) is 25.4 Å². The van der Waals surface area contributed by atoms with Gasteiger partial charge in [0.2, 0.25) is 5.91 Å². The van der Waals surface area contributed by atoms with Gasteiger partial charge in [0.25, 0.3) is 0 Å². The standard InChI is InChI=1S/C17H24N2O4/c1-18(17(20)8-10-19-9-4-5-11-22-19)12-14-13-21-15-6-2-3-7-16(15)23-14/h2-3,6-7,14H,4-5,8-13H2,1H3/t14-/m1/s1. The molecule has 0 N–H and O–H groups in total. The van der Waals surface area contributed by atoms with Gasteiger partial charge in [0.1, 0.15) is 6.61 Å². The number of hydroxylamine groups is 2. The molecule has 0 spiro atoms. The molecule has 23 heavy (non-hydrogen) atoms. The van der Waals surface area contributed by atoms with E-state index in [1.807, 2.05) is 36.4 Å². The number of para-hydroxylation sites is 2. The normalized spacial score (nSPS) is 21.0. The number of likely N-dealkylation sites (N-methyl/N-ethyl adjacent to an activating group) is 1. The zero-order chi connectivity index (χ0) is 16.1. The lowest BCUT2D eigenvalue weighted by atomic mass is 10.2. The minimum Gasteiger partial charge on any atom is -0.486 e. The molecule has 1 amide bonds. The van der Waals surface area contributed by atoms with Gasteiger partial charge >= 0.3 is 0 Å². The average Bonchev–Trinajstić information content (AvgIpc) is 2.60. The van der Waals surface area contributed by atoms with Gasteiger partial charge in [-0.05, 0) is 25.0 Å². The van der Waals surface area contributed by atoms with E-state index in [-0.39, 0.29) is 12.0 Å². The summed E-state index contributed by atoms with van der Waals surface area (Å²) in [5, 5.41) is 1.89. The van der Waals surface area contributed by atoms with E-state index in [4.69, 9.17) is 14.3 Å². The van der Waals surface area contributed by atoms with Crippen LogP contribution in [-0.4, -0.2) is 61.9 Å². The van der Waals surface area contributed by atoms with Crippen LogP contribution >= 0.6 is 0 Å². The van der Waals surface area contributed by atoms with E-state index in [0.29, 0.717) is 26.1 Å². The Bertz CT molecular complexity index is 531. The first kappa shape index (κ1) is 16.1. The molecule has 1 fully saturated rings. The smallest absolute Gasteiger partial charge is 0.223 e. The molecule has 126 valence electrons. The van der Waals surface area contributed by atoms with Crippen LogP contribution in [0.25, 0.3) is 0 Å². The van der Waals surface area contributed by atoms with Gasteiger partial charge in [0.15, 0.2) is 17.6 Å². The van der Waals surface area contributed by atoms with Crippen LogP contribution in [0, 0.1) is 0 Å². The van der Waals surface area contributed by atoms with Crippen molar-refractivity contribution in [2.75, 3.05) is 39.9 Å². The SMILES string of the molecule is CN(C[C@@H]1COc2ccccc2O1)C(=O)CCN1CCCCO1. The summed E-state index contributed by atoms with van der Waals surface area (Å²) in [6.45, 7) is 3.30. The third-order valence-corrected chi connectivity index (χ3v) is 4.12. The second-order valence-electron chi connectivity index (χ2n) is 5.99. The molecule has 2 aliphatic rings. The summed E-state index contributed by atoms with van der Waals surface area (Å²) < 4.78 is 11.6. The molecule has 0 unspecified atom stereocenters. The molecular formula is C17H24N2O4. The molecule has 0 aliphatic carbocycles. The summed E-state index contributed by atoms with van der Waals surface area (Å²) in [5.74, 6) is 1.60. The number of hydrogen-bond donors (Lipinski definition) is 0. The van der Waals surface area contributed by atoms with E-state index in [2.05, 4.69) is 0 Å². The second-order valence-corrected chi connectivity index (χ2v) is 5.99. The Morgan fingerprint density at radius 3 is 2.91 bits per heavy atom. The molecule has 3 rings (SSSR count). The predicted molar refractivity (Wildman–Crippen MR) is 85.4 cm³/mol. The van der Waals surface area contributed by atoms with Gasteiger partial charge in [-0.2, -0.15) is 5.06 Å². The molecular weight excluding hydrogens is 296 g/mol. The zero-order valence-corrected chi connectivity index (χ0v) is 13.6. The van der Waals surface area contributed by atoms with Gasteiger partial charge in [-0.25, -0.2) is 0 Å². The highest BCUT2D eigenvalue weighted by molar-refractivity contribution is 5.76. The maximum atomic E-state index is 12.3. The first-order valence-electron chi connectivity index (χ1n) is 8.22. The number of nitrogens with zero attached hydrogens (tertiary/aromatic N) is 2. The van der Waals surface area contributed by atoms with E-state index in [1.54, 1.807) is 4.90 Å². The molecule has 2 aliphatic heterocycles. The van der Waals surface area contributed by atoms with Crippen molar-refractivity contribution >= 4 is 5.91 Å². The molecule has 2 heterocycles.